The highest BCUT2D eigenvalue weighted by atomic mass is 16.5. The maximum atomic E-state index is 13.2. The Kier molecular flexibility index (Phi) is 4.51. The molecule has 1 N–H and O–H groups in total. The highest BCUT2D eigenvalue weighted by molar-refractivity contribution is 6.11. The fraction of sp³-hybridized carbons (Fsp3) is 0.250. The van der Waals surface area contributed by atoms with Crippen molar-refractivity contribution in [2.75, 3.05) is 18.5 Å². The van der Waals surface area contributed by atoms with E-state index in [-0.39, 0.29) is 23.7 Å². The van der Waals surface area contributed by atoms with Gasteiger partial charge in [0.15, 0.2) is 0 Å². The molecule has 2 atom stereocenters. The predicted octanol–water partition coefficient (Wildman–Crippen LogP) is 2.60. The largest absolute Gasteiger partial charge is 0.374 e. The molecule has 0 saturated carbocycles. The van der Waals surface area contributed by atoms with Crippen LogP contribution in [0.1, 0.15) is 27.3 Å². The number of fused-ring (bicyclic) bond motifs is 3. The Balaban J connectivity index is 1.25. The summed E-state index contributed by atoms with van der Waals surface area (Å²) >= 11 is 0. The van der Waals surface area contributed by atoms with E-state index in [0.29, 0.717) is 30.0 Å². The van der Waals surface area contributed by atoms with Crippen molar-refractivity contribution in [3.63, 3.8) is 0 Å². The normalized spacial score (nSPS) is 19.4. The minimum Gasteiger partial charge on any atom is -0.374 e. The van der Waals surface area contributed by atoms with Crippen LogP contribution in [0.5, 0.6) is 0 Å². The van der Waals surface area contributed by atoms with E-state index < -0.39 is 5.91 Å². The molecule has 4 aromatic rings. The topological polar surface area (TPSA) is 93.8 Å². The van der Waals surface area contributed by atoms with E-state index in [2.05, 4.69) is 15.4 Å². The van der Waals surface area contributed by atoms with Gasteiger partial charge in [0.25, 0.3) is 11.8 Å². The fourth-order valence-electron chi connectivity index (χ4n) is 4.66. The maximum absolute atomic E-state index is 13.2. The first-order valence-corrected chi connectivity index (χ1v) is 10.9. The number of rotatable bonds is 4. The summed E-state index contributed by atoms with van der Waals surface area (Å²) in [4.78, 5) is 32.8. The third-order valence-electron chi connectivity index (χ3n) is 6.33. The molecule has 33 heavy (non-hydrogen) atoms. The number of benzene rings is 1. The number of nitrogens with zero attached hydrogens (tertiary/aromatic N) is 5. The van der Waals surface area contributed by atoms with Crippen molar-refractivity contribution in [3.8, 4) is 11.3 Å². The molecule has 1 aromatic carbocycles. The van der Waals surface area contributed by atoms with Gasteiger partial charge in [-0.25, -0.2) is 4.98 Å². The van der Waals surface area contributed by atoms with Gasteiger partial charge in [0.2, 0.25) is 0 Å². The number of aromatic nitrogens is 4. The molecule has 2 bridgehead atoms. The summed E-state index contributed by atoms with van der Waals surface area (Å²) in [6.07, 6.45) is 6.20. The standard InChI is InChI=1S/C24H22N6O3/c1-28-22(19(11-25-28)24(32)30-12-18-10-17(30)14-33-18)23(31)26-16-7-8-29-13-20(27-21(29)9-16)15-5-3-2-4-6-15/h2-9,11,13,17-18H,10,12,14H2,1H3,(H,26,31). The molecular weight excluding hydrogens is 420 g/mol. The SMILES string of the molecule is Cn1ncc(C(=O)N2CC3CC2CO3)c1C(=O)Nc1ccn2cc(-c3ccccc3)nc2c1. The van der Waals surface area contributed by atoms with Gasteiger partial charge in [-0.15, -0.1) is 0 Å². The van der Waals surface area contributed by atoms with Gasteiger partial charge in [0, 0.05) is 43.3 Å². The molecule has 2 aliphatic rings. The molecule has 2 saturated heterocycles. The van der Waals surface area contributed by atoms with E-state index in [1.54, 1.807) is 24.1 Å². The number of anilines is 1. The van der Waals surface area contributed by atoms with Crippen molar-refractivity contribution in [2.24, 2.45) is 7.05 Å². The number of carbonyl (C=O) groups excluding carboxylic acids is 2. The number of ether oxygens (including phenoxy) is 1. The number of likely N-dealkylation sites (tertiary alicyclic amines) is 1. The van der Waals surface area contributed by atoms with Gasteiger partial charge in [-0.05, 0) is 12.5 Å². The van der Waals surface area contributed by atoms with Crippen molar-refractivity contribution in [3.05, 3.63) is 72.3 Å². The number of morpholine rings is 1. The Morgan fingerprint density at radius 2 is 2.03 bits per heavy atom. The maximum Gasteiger partial charge on any atom is 0.274 e. The Morgan fingerprint density at radius 3 is 2.79 bits per heavy atom. The monoisotopic (exact) mass is 442 g/mol. The Bertz CT molecular complexity index is 1380. The van der Waals surface area contributed by atoms with E-state index in [0.717, 1.165) is 17.7 Å². The van der Waals surface area contributed by atoms with Gasteiger partial charge >= 0.3 is 0 Å². The molecule has 2 aliphatic heterocycles. The van der Waals surface area contributed by atoms with Crippen molar-refractivity contribution >= 4 is 23.1 Å². The van der Waals surface area contributed by atoms with Crippen LogP contribution in [0.4, 0.5) is 5.69 Å². The number of imidazole rings is 1. The van der Waals surface area contributed by atoms with E-state index >= 15 is 0 Å². The average molecular weight is 442 g/mol. The van der Waals surface area contributed by atoms with Gasteiger partial charge in [0.05, 0.1) is 36.2 Å². The molecule has 0 radical (unpaired) electrons. The summed E-state index contributed by atoms with van der Waals surface area (Å²) in [5.74, 6) is -0.571. The third-order valence-corrected chi connectivity index (χ3v) is 6.33. The first kappa shape index (κ1) is 19.7. The summed E-state index contributed by atoms with van der Waals surface area (Å²) in [6.45, 7) is 1.10. The molecule has 2 amide bonds. The zero-order chi connectivity index (χ0) is 22.5. The van der Waals surface area contributed by atoms with Crippen LogP contribution in [-0.4, -0.2) is 61.2 Å². The Morgan fingerprint density at radius 1 is 1.18 bits per heavy atom. The molecule has 3 aromatic heterocycles. The Hall–Kier alpha value is -3.98. The molecule has 0 spiro atoms. The van der Waals surface area contributed by atoms with Crippen LogP contribution in [0.2, 0.25) is 0 Å². The summed E-state index contributed by atoms with van der Waals surface area (Å²) in [7, 11) is 1.66. The minimum absolute atomic E-state index is 0.0697. The first-order valence-electron chi connectivity index (χ1n) is 10.9. The first-order chi connectivity index (χ1) is 16.1. The van der Waals surface area contributed by atoms with E-state index in [1.165, 1.54) is 10.9 Å². The zero-order valence-electron chi connectivity index (χ0n) is 18.0. The van der Waals surface area contributed by atoms with Crippen molar-refractivity contribution in [2.45, 2.75) is 18.6 Å². The van der Waals surface area contributed by atoms with E-state index in [1.807, 2.05) is 47.1 Å². The number of pyridine rings is 1. The lowest BCUT2D eigenvalue weighted by Crippen LogP contribution is -2.42. The van der Waals surface area contributed by atoms with Crippen LogP contribution in [0.25, 0.3) is 16.9 Å². The van der Waals surface area contributed by atoms with Crippen molar-refractivity contribution in [1.82, 2.24) is 24.1 Å². The second-order valence-corrected chi connectivity index (χ2v) is 8.46. The van der Waals surface area contributed by atoms with Crippen LogP contribution in [0.3, 0.4) is 0 Å². The third kappa shape index (κ3) is 3.37. The summed E-state index contributed by atoms with van der Waals surface area (Å²) in [5.41, 5.74) is 3.70. The van der Waals surface area contributed by atoms with Crippen molar-refractivity contribution < 1.29 is 14.3 Å². The smallest absolute Gasteiger partial charge is 0.274 e. The number of hydrogen-bond acceptors (Lipinski definition) is 5. The molecule has 6 rings (SSSR count). The lowest BCUT2D eigenvalue weighted by atomic mass is 10.2. The van der Waals surface area contributed by atoms with Crippen LogP contribution >= 0.6 is 0 Å². The molecule has 166 valence electrons. The van der Waals surface area contributed by atoms with Crippen LogP contribution in [-0.2, 0) is 11.8 Å². The van der Waals surface area contributed by atoms with Crippen molar-refractivity contribution in [1.29, 1.82) is 0 Å². The number of aryl methyl sites for hydroxylation is 1. The quantitative estimate of drug-likeness (QED) is 0.524. The second kappa shape index (κ2) is 7.56. The van der Waals surface area contributed by atoms with Gasteiger partial charge in [-0.1, -0.05) is 30.3 Å². The van der Waals surface area contributed by atoms with Crippen LogP contribution < -0.4 is 5.32 Å². The number of amides is 2. The lowest BCUT2D eigenvalue weighted by Gasteiger charge is -2.26. The van der Waals surface area contributed by atoms with Gasteiger partial charge in [-0.3, -0.25) is 14.3 Å². The van der Waals surface area contributed by atoms with Crippen LogP contribution in [0, 0.1) is 0 Å². The lowest BCUT2D eigenvalue weighted by molar-refractivity contribution is 0.0258. The number of carbonyl (C=O) groups is 2. The average Bonchev–Trinajstić information content (AvgIpc) is 3.62. The number of nitrogens with one attached hydrogen (secondary N) is 1. The van der Waals surface area contributed by atoms with Crippen LogP contribution in [0.15, 0.2) is 61.1 Å². The summed E-state index contributed by atoms with van der Waals surface area (Å²) < 4.78 is 8.94. The van der Waals surface area contributed by atoms with Gasteiger partial charge in [0.1, 0.15) is 11.3 Å². The molecule has 0 aliphatic carbocycles. The summed E-state index contributed by atoms with van der Waals surface area (Å²) in [5, 5.41) is 7.08. The van der Waals surface area contributed by atoms with E-state index in [4.69, 9.17) is 4.74 Å². The molecule has 2 fully saturated rings. The molecule has 2 unspecified atom stereocenters. The van der Waals surface area contributed by atoms with Gasteiger partial charge < -0.3 is 19.4 Å². The highest BCUT2D eigenvalue weighted by Crippen LogP contribution is 2.30. The van der Waals surface area contributed by atoms with E-state index in [9.17, 15) is 9.59 Å². The molecular formula is C24H22N6O3. The Labute approximate surface area is 189 Å². The fourth-order valence-corrected chi connectivity index (χ4v) is 4.66. The second-order valence-electron chi connectivity index (χ2n) is 8.46. The molecule has 5 heterocycles. The highest BCUT2D eigenvalue weighted by Gasteiger charge is 2.42. The number of hydrogen-bond donors (Lipinski definition) is 1. The predicted molar refractivity (Wildman–Crippen MR) is 121 cm³/mol. The molecule has 9 nitrogen and oxygen atoms in total. The summed E-state index contributed by atoms with van der Waals surface area (Å²) in [6, 6.07) is 13.6. The molecule has 9 heteroatoms. The zero-order valence-corrected chi connectivity index (χ0v) is 18.0. The minimum atomic E-state index is -0.391. The van der Waals surface area contributed by atoms with Gasteiger partial charge in [-0.2, -0.15) is 5.10 Å².